The number of rotatable bonds is 4. The third-order valence-corrected chi connectivity index (χ3v) is 4.31. The summed E-state index contributed by atoms with van der Waals surface area (Å²) in [5, 5.41) is 13.8. The van der Waals surface area contributed by atoms with Gasteiger partial charge in [0, 0.05) is 30.7 Å². The van der Waals surface area contributed by atoms with Crippen LogP contribution in [0.25, 0.3) is 0 Å². The molecule has 2 unspecified atom stereocenters. The number of nitrogen functional groups attached to an aromatic ring is 1. The molecule has 1 heterocycles. The molecule has 7 heteroatoms. The Morgan fingerprint density at radius 3 is 2.79 bits per heavy atom. The molecule has 2 rings (SSSR count). The average Bonchev–Trinajstić information content (AvgIpc) is 2.52. The van der Waals surface area contributed by atoms with Gasteiger partial charge in [-0.25, -0.2) is 0 Å². The molecule has 0 spiro atoms. The summed E-state index contributed by atoms with van der Waals surface area (Å²) < 4.78 is 5.90. The van der Waals surface area contributed by atoms with Gasteiger partial charge in [-0.05, 0) is 30.4 Å². The van der Waals surface area contributed by atoms with Crippen LogP contribution in [0.4, 0.5) is 11.4 Å². The molecule has 1 saturated heterocycles. The van der Waals surface area contributed by atoms with Crippen LogP contribution in [-0.4, -0.2) is 30.1 Å². The summed E-state index contributed by atoms with van der Waals surface area (Å²) in [5.41, 5.74) is 5.58. The number of hydrogen-bond donors (Lipinski definition) is 2. The number of nitro groups is 1. The lowest BCUT2D eigenvalue weighted by Gasteiger charge is -2.40. The topological polar surface area (TPSA) is 107 Å². The Balaban J connectivity index is 2.04. The number of nitro benzene ring substituents is 1. The Bertz CT molecular complexity index is 625. The van der Waals surface area contributed by atoms with Crippen molar-refractivity contribution in [2.75, 3.05) is 18.9 Å². The molecule has 132 valence electrons. The van der Waals surface area contributed by atoms with Crippen LogP contribution in [0, 0.1) is 21.4 Å². The predicted molar refractivity (Wildman–Crippen MR) is 91.8 cm³/mol. The summed E-state index contributed by atoms with van der Waals surface area (Å²) in [6, 6.07) is 4.09. The number of nitrogens with two attached hydrogens (primary N) is 1. The highest BCUT2D eigenvalue weighted by molar-refractivity contribution is 5.95. The van der Waals surface area contributed by atoms with E-state index in [-0.39, 0.29) is 40.3 Å². The van der Waals surface area contributed by atoms with Crippen molar-refractivity contribution in [1.82, 2.24) is 5.32 Å². The highest BCUT2D eigenvalue weighted by Gasteiger charge is 2.35. The van der Waals surface area contributed by atoms with Gasteiger partial charge in [0.2, 0.25) is 0 Å². The number of benzene rings is 1. The van der Waals surface area contributed by atoms with Crippen molar-refractivity contribution >= 4 is 17.3 Å². The van der Waals surface area contributed by atoms with E-state index in [0.717, 1.165) is 19.4 Å². The van der Waals surface area contributed by atoms with Crippen LogP contribution < -0.4 is 11.1 Å². The molecule has 1 amide bonds. The summed E-state index contributed by atoms with van der Waals surface area (Å²) >= 11 is 0. The van der Waals surface area contributed by atoms with Gasteiger partial charge in [0.15, 0.2) is 0 Å². The van der Waals surface area contributed by atoms with Crippen LogP contribution in [-0.2, 0) is 4.74 Å². The Labute approximate surface area is 141 Å². The number of hydrogen-bond acceptors (Lipinski definition) is 5. The second-order valence-electron chi connectivity index (χ2n) is 7.30. The van der Waals surface area contributed by atoms with E-state index in [9.17, 15) is 14.9 Å². The molecule has 24 heavy (non-hydrogen) atoms. The van der Waals surface area contributed by atoms with E-state index >= 15 is 0 Å². The standard InChI is InChI=1S/C17H25N3O4/c1-17(2,3)15-12(5-4-8-24-15)10-19-16(21)11-6-7-13(18)14(9-11)20(22)23/h6-7,9,12,15H,4-5,8,10,18H2,1-3H3,(H,19,21). The zero-order chi connectivity index (χ0) is 17.9. The highest BCUT2D eigenvalue weighted by atomic mass is 16.6. The highest BCUT2D eigenvalue weighted by Crippen LogP contribution is 2.33. The van der Waals surface area contributed by atoms with E-state index in [1.165, 1.54) is 18.2 Å². The van der Waals surface area contributed by atoms with Crippen LogP contribution in [0.1, 0.15) is 44.0 Å². The third-order valence-electron chi connectivity index (χ3n) is 4.31. The first-order valence-electron chi connectivity index (χ1n) is 8.14. The fourth-order valence-corrected chi connectivity index (χ4v) is 3.18. The van der Waals surface area contributed by atoms with Crippen molar-refractivity contribution < 1.29 is 14.5 Å². The smallest absolute Gasteiger partial charge is 0.292 e. The minimum Gasteiger partial charge on any atom is -0.393 e. The summed E-state index contributed by atoms with van der Waals surface area (Å²) in [4.78, 5) is 22.7. The molecule has 0 saturated carbocycles. The Morgan fingerprint density at radius 2 is 2.17 bits per heavy atom. The summed E-state index contributed by atoms with van der Waals surface area (Å²) in [6.07, 6.45) is 2.04. The SMILES string of the molecule is CC(C)(C)C1OCCCC1CNC(=O)c1ccc(N)c([N+](=O)[O-])c1. The largest absolute Gasteiger partial charge is 0.393 e. The van der Waals surface area contributed by atoms with Crippen molar-refractivity contribution in [3.63, 3.8) is 0 Å². The zero-order valence-electron chi connectivity index (χ0n) is 14.4. The molecule has 3 N–H and O–H groups in total. The Morgan fingerprint density at radius 1 is 1.46 bits per heavy atom. The lowest BCUT2D eigenvalue weighted by Crippen LogP contribution is -2.45. The lowest BCUT2D eigenvalue weighted by atomic mass is 9.78. The van der Waals surface area contributed by atoms with Gasteiger partial charge in [-0.1, -0.05) is 20.8 Å². The number of nitrogens with zero attached hydrogens (tertiary/aromatic N) is 1. The molecule has 1 aromatic rings. The van der Waals surface area contributed by atoms with Crippen molar-refractivity contribution in [2.24, 2.45) is 11.3 Å². The Kier molecular flexibility index (Phi) is 5.43. The van der Waals surface area contributed by atoms with E-state index in [2.05, 4.69) is 26.1 Å². The first-order chi connectivity index (χ1) is 11.2. The molecule has 2 atom stereocenters. The van der Waals surface area contributed by atoms with E-state index in [1.54, 1.807) is 0 Å². The van der Waals surface area contributed by atoms with Gasteiger partial charge >= 0.3 is 0 Å². The fraction of sp³-hybridized carbons (Fsp3) is 0.588. The lowest BCUT2D eigenvalue weighted by molar-refractivity contribution is -0.383. The summed E-state index contributed by atoms with van der Waals surface area (Å²) in [7, 11) is 0. The van der Waals surface area contributed by atoms with Gasteiger partial charge in [0.05, 0.1) is 11.0 Å². The predicted octanol–water partition coefficient (Wildman–Crippen LogP) is 2.75. The molecule has 0 radical (unpaired) electrons. The molecule has 7 nitrogen and oxygen atoms in total. The third kappa shape index (κ3) is 4.23. The van der Waals surface area contributed by atoms with Gasteiger partial charge in [0.25, 0.3) is 11.6 Å². The fourth-order valence-electron chi connectivity index (χ4n) is 3.18. The van der Waals surface area contributed by atoms with Crippen molar-refractivity contribution in [2.45, 2.75) is 39.7 Å². The molecule has 1 aliphatic heterocycles. The number of carbonyl (C=O) groups excluding carboxylic acids is 1. The quantitative estimate of drug-likeness (QED) is 0.500. The van der Waals surface area contributed by atoms with Crippen LogP contribution in [0.2, 0.25) is 0 Å². The maximum atomic E-state index is 12.3. The maximum absolute atomic E-state index is 12.3. The number of anilines is 1. The first kappa shape index (κ1) is 18.2. The second kappa shape index (κ2) is 7.17. The van der Waals surface area contributed by atoms with Crippen LogP contribution >= 0.6 is 0 Å². The van der Waals surface area contributed by atoms with Crippen molar-refractivity contribution in [1.29, 1.82) is 0 Å². The first-order valence-corrected chi connectivity index (χ1v) is 8.14. The van der Waals surface area contributed by atoms with E-state index < -0.39 is 4.92 Å². The van der Waals surface area contributed by atoms with Crippen LogP contribution in [0.15, 0.2) is 18.2 Å². The molecule has 0 aliphatic carbocycles. The molecule has 0 aromatic heterocycles. The number of ether oxygens (including phenoxy) is 1. The maximum Gasteiger partial charge on any atom is 0.292 e. The van der Waals surface area contributed by atoms with Gasteiger partial charge in [-0.15, -0.1) is 0 Å². The second-order valence-corrected chi connectivity index (χ2v) is 7.30. The van der Waals surface area contributed by atoms with Crippen LogP contribution in [0.3, 0.4) is 0 Å². The zero-order valence-corrected chi connectivity index (χ0v) is 14.4. The van der Waals surface area contributed by atoms with E-state index in [4.69, 9.17) is 10.5 Å². The average molecular weight is 335 g/mol. The van der Waals surface area contributed by atoms with Gasteiger partial charge < -0.3 is 15.8 Å². The summed E-state index contributed by atoms with van der Waals surface area (Å²) in [5.74, 6) is -0.109. The van der Waals surface area contributed by atoms with Gasteiger partial charge in [0.1, 0.15) is 5.69 Å². The summed E-state index contributed by atoms with van der Waals surface area (Å²) in [6.45, 7) is 7.61. The Hall–Kier alpha value is -2.15. The molecular formula is C17H25N3O4. The molecule has 0 bridgehead atoms. The minimum atomic E-state index is -0.587. The monoisotopic (exact) mass is 335 g/mol. The van der Waals surface area contributed by atoms with Gasteiger partial charge in [-0.3, -0.25) is 14.9 Å². The van der Waals surface area contributed by atoms with E-state index in [1.807, 2.05) is 0 Å². The van der Waals surface area contributed by atoms with Gasteiger partial charge in [-0.2, -0.15) is 0 Å². The number of nitrogens with one attached hydrogen (secondary N) is 1. The minimum absolute atomic E-state index is 0.00417. The van der Waals surface area contributed by atoms with Crippen LogP contribution in [0.5, 0.6) is 0 Å². The normalized spacial score (nSPS) is 21.3. The number of carbonyl (C=O) groups is 1. The molecule has 1 aliphatic rings. The van der Waals surface area contributed by atoms with Crippen molar-refractivity contribution in [3.05, 3.63) is 33.9 Å². The molecule has 1 fully saturated rings. The molecule has 1 aromatic carbocycles. The van der Waals surface area contributed by atoms with E-state index in [0.29, 0.717) is 6.54 Å². The number of amides is 1. The molecular weight excluding hydrogens is 310 g/mol. The van der Waals surface area contributed by atoms with Crippen molar-refractivity contribution in [3.8, 4) is 0 Å².